The highest BCUT2D eigenvalue weighted by Crippen LogP contribution is 2.27. The summed E-state index contributed by atoms with van der Waals surface area (Å²) < 4.78 is 0. The summed E-state index contributed by atoms with van der Waals surface area (Å²) in [6.07, 6.45) is 1.59. The Morgan fingerprint density at radius 1 is 0.963 bits per heavy atom. The molecule has 1 aromatic heterocycles. The molecule has 2 aromatic carbocycles. The third kappa shape index (κ3) is 4.88. The van der Waals surface area contributed by atoms with Crippen molar-refractivity contribution in [3.05, 3.63) is 100 Å². The zero-order valence-corrected chi connectivity index (χ0v) is 16.1. The average molecular weight is 398 g/mol. The molecule has 4 nitrogen and oxygen atoms in total. The molecule has 0 aliphatic rings. The van der Waals surface area contributed by atoms with Gasteiger partial charge < -0.3 is 10.6 Å². The molecule has 0 spiro atoms. The van der Waals surface area contributed by atoms with E-state index in [0.29, 0.717) is 11.4 Å². The van der Waals surface area contributed by atoms with E-state index in [1.54, 1.807) is 19.2 Å². The molecule has 0 aliphatic carbocycles. The highest BCUT2D eigenvalue weighted by molar-refractivity contribution is 6.40. The van der Waals surface area contributed by atoms with Crippen molar-refractivity contribution < 1.29 is 4.79 Å². The predicted octanol–water partition coefficient (Wildman–Crippen LogP) is 5.95. The number of carbonyl (C=O) groups excluding carboxylic acids is 1. The van der Waals surface area contributed by atoms with E-state index in [0.717, 1.165) is 11.4 Å². The molecule has 27 heavy (non-hydrogen) atoms. The van der Waals surface area contributed by atoms with Crippen LogP contribution in [0.25, 0.3) is 0 Å². The molecule has 0 fully saturated rings. The lowest BCUT2D eigenvalue weighted by molar-refractivity contribution is 0.103. The number of aromatic nitrogens is 1. The maximum Gasteiger partial charge on any atom is 0.215 e. The van der Waals surface area contributed by atoms with E-state index in [9.17, 15) is 4.79 Å². The fourth-order valence-electron chi connectivity index (χ4n) is 2.46. The van der Waals surface area contributed by atoms with Crippen molar-refractivity contribution in [1.82, 2.24) is 4.98 Å². The standard InChI is InChI=1S/C21H17Cl2N3O/c1-14-12-17(22)19(21(23)25-14)20(27)18(26-16-10-6-3-7-11-16)13-24-15-8-4-2-5-9-15/h2-13,24,26H,1H3. The number of Topliss-reactive ketones (excluding diaryl/α,β-unsaturated/α-hetero) is 1. The monoisotopic (exact) mass is 397 g/mol. The van der Waals surface area contributed by atoms with Crippen LogP contribution in [-0.2, 0) is 0 Å². The number of ketones is 1. The van der Waals surface area contributed by atoms with E-state index >= 15 is 0 Å². The van der Waals surface area contributed by atoms with Gasteiger partial charge in [0.15, 0.2) is 0 Å². The van der Waals surface area contributed by atoms with Gasteiger partial charge in [-0.2, -0.15) is 0 Å². The molecule has 0 aliphatic heterocycles. The third-order valence-electron chi connectivity index (χ3n) is 3.74. The number of rotatable bonds is 6. The lowest BCUT2D eigenvalue weighted by atomic mass is 10.1. The van der Waals surface area contributed by atoms with Crippen molar-refractivity contribution in [1.29, 1.82) is 0 Å². The van der Waals surface area contributed by atoms with Gasteiger partial charge in [-0.1, -0.05) is 59.6 Å². The molecular weight excluding hydrogens is 381 g/mol. The van der Waals surface area contributed by atoms with Gasteiger partial charge in [0.1, 0.15) is 10.9 Å². The van der Waals surface area contributed by atoms with Gasteiger partial charge >= 0.3 is 0 Å². The Morgan fingerprint density at radius 3 is 2.15 bits per heavy atom. The quantitative estimate of drug-likeness (QED) is 0.306. The summed E-state index contributed by atoms with van der Waals surface area (Å²) >= 11 is 12.5. The van der Waals surface area contributed by atoms with Gasteiger partial charge in [0, 0.05) is 23.3 Å². The number of hydrogen-bond donors (Lipinski definition) is 2. The van der Waals surface area contributed by atoms with E-state index in [1.165, 1.54) is 0 Å². The SMILES string of the molecule is Cc1cc(Cl)c(C(=O)C(=CNc2ccccc2)Nc2ccccc2)c(Cl)n1. The molecule has 0 saturated heterocycles. The normalized spacial score (nSPS) is 11.1. The molecule has 6 heteroatoms. The summed E-state index contributed by atoms with van der Waals surface area (Å²) in [7, 11) is 0. The first kappa shape index (κ1) is 19.0. The van der Waals surface area contributed by atoms with Gasteiger partial charge in [-0.05, 0) is 37.3 Å². The maximum atomic E-state index is 13.1. The van der Waals surface area contributed by atoms with Gasteiger partial charge in [0.2, 0.25) is 5.78 Å². The van der Waals surface area contributed by atoms with Gasteiger partial charge in [0.25, 0.3) is 0 Å². The van der Waals surface area contributed by atoms with Crippen LogP contribution in [0.15, 0.2) is 78.6 Å². The fraction of sp³-hybridized carbons (Fsp3) is 0.0476. The summed E-state index contributed by atoms with van der Waals surface area (Å²) in [4.78, 5) is 17.3. The van der Waals surface area contributed by atoms with Crippen LogP contribution in [0.2, 0.25) is 10.2 Å². The first-order valence-electron chi connectivity index (χ1n) is 8.26. The van der Waals surface area contributed by atoms with Crippen molar-refractivity contribution in [3.63, 3.8) is 0 Å². The van der Waals surface area contributed by atoms with Crippen LogP contribution in [0.5, 0.6) is 0 Å². The van der Waals surface area contributed by atoms with E-state index in [1.807, 2.05) is 60.7 Å². The minimum Gasteiger partial charge on any atom is -0.360 e. The van der Waals surface area contributed by atoms with Crippen molar-refractivity contribution in [2.45, 2.75) is 6.92 Å². The second-order valence-corrected chi connectivity index (χ2v) is 6.57. The summed E-state index contributed by atoms with van der Waals surface area (Å²) in [5.41, 5.74) is 2.70. The van der Waals surface area contributed by atoms with Crippen LogP contribution in [0, 0.1) is 6.92 Å². The van der Waals surface area contributed by atoms with Crippen molar-refractivity contribution >= 4 is 40.4 Å². The first-order chi connectivity index (χ1) is 13.0. The Hall–Kier alpha value is -2.82. The van der Waals surface area contributed by atoms with Crippen molar-refractivity contribution in [2.24, 2.45) is 0 Å². The van der Waals surface area contributed by atoms with Crippen LogP contribution in [-0.4, -0.2) is 10.8 Å². The molecule has 136 valence electrons. The van der Waals surface area contributed by atoms with Crippen LogP contribution in [0.3, 0.4) is 0 Å². The number of hydrogen-bond acceptors (Lipinski definition) is 4. The zero-order chi connectivity index (χ0) is 19.2. The molecule has 0 bridgehead atoms. The smallest absolute Gasteiger partial charge is 0.215 e. The minimum absolute atomic E-state index is 0.0745. The summed E-state index contributed by atoms with van der Waals surface area (Å²) in [5.74, 6) is -0.357. The number of anilines is 2. The van der Waals surface area contributed by atoms with E-state index in [4.69, 9.17) is 23.2 Å². The molecular formula is C21H17Cl2N3O. The number of benzene rings is 2. The minimum atomic E-state index is -0.357. The molecule has 0 saturated carbocycles. The van der Waals surface area contributed by atoms with Crippen LogP contribution >= 0.6 is 23.2 Å². The molecule has 0 amide bonds. The Bertz CT molecular complexity index is 950. The van der Waals surface area contributed by atoms with Crippen molar-refractivity contribution in [2.75, 3.05) is 10.6 Å². The number of para-hydroxylation sites is 2. The second kappa shape index (κ2) is 8.71. The summed E-state index contributed by atoms with van der Waals surface area (Å²) in [5, 5.41) is 6.57. The van der Waals surface area contributed by atoms with Crippen molar-refractivity contribution in [3.8, 4) is 0 Å². The average Bonchev–Trinajstić information content (AvgIpc) is 2.66. The number of aryl methyl sites for hydroxylation is 1. The highest BCUT2D eigenvalue weighted by Gasteiger charge is 2.21. The Kier molecular flexibility index (Phi) is 6.12. The number of pyridine rings is 1. The van der Waals surface area contributed by atoms with Gasteiger partial charge in [-0.25, -0.2) is 4.98 Å². The lowest BCUT2D eigenvalue weighted by Crippen LogP contribution is -2.15. The van der Waals surface area contributed by atoms with Crippen LogP contribution in [0.4, 0.5) is 11.4 Å². The Labute approximate surface area is 167 Å². The molecule has 3 aromatic rings. The number of nitrogens with zero attached hydrogens (tertiary/aromatic N) is 1. The topological polar surface area (TPSA) is 54.0 Å². The molecule has 0 unspecified atom stereocenters. The molecule has 0 atom stereocenters. The summed E-state index contributed by atoms with van der Waals surface area (Å²) in [6.45, 7) is 1.77. The predicted molar refractivity (Wildman–Crippen MR) is 112 cm³/mol. The number of halogens is 2. The van der Waals surface area contributed by atoms with Gasteiger partial charge in [-0.15, -0.1) is 0 Å². The van der Waals surface area contributed by atoms with Crippen LogP contribution < -0.4 is 10.6 Å². The highest BCUT2D eigenvalue weighted by atomic mass is 35.5. The number of allylic oxidation sites excluding steroid dienone is 1. The lowest BCUT2D eigenvalue weighted by Gasteiger charge is -2.13. The molecule has 2 N–H and O–H groups in total. The largest absolute Gasteiger partial charge is 0.360 e. The summed E-state index contributed by atoms with van der Waals surface area (Å²) in [6, 6.07) is 20.5. The molecule has 0 radical (unpaired) electrons. The maximum absolute atomic E-state index is 13.1. The van der Waals surface area contributed by atoms with Gasteiger partial charge in [-0.3, -0.25) is 4.79 Å². The fourth-order valence-corrected chi connectivity index (χ4v) is 3.16. The third-order valence-corrected chi connectivity index (χ3v) is 4.31. The second-order valence-electron chi connectivity index (χ2n) is 5.80. The van der Waals surface area contributed by atoms with Crippen LogP contribution in [0.1, 0.15) is 16.1 Å². The van der Waals surface area contributed by atoms with E-state index < -0.39 is 0 Å². The number of nitrogens with one attached hydrogen (secondary N) is 2. The van der Waals surface area contributed by atoms with E-state index in [2.05, 4.69) is 15.6 Å². The van der Waals surface area contributed by atoms with Gasteiger partial charge in [0.05, 0.1) is 10.6 Å². The first-order valence-corrected chi connectivity index (χ1v) is 9.01. The van der Waals surface area contributed by atoms with E-state index in [-0.39, 0.29) is 21.5 Å². The molecule has 1 heterocycles. The Morgan fingerprint density at radius 2 is 1.56 bits per heavy atom. The zero-order valence-electron chi connectivity index (χ0n) is 14.5. The Balaban J connectivity index is 1.97. The molecule has 3 rings (SSSR count). The number of carbonyl (C=O) groups is 1.